The normalized spacial score (nSPS) is 18.3. The van der Waals surface area contributed by atoms with Gasteiger partial charge >= 0.3 is 6.03 Å². The number of amides is 4. The third kappa shape index (κ3) is 2.69. The highest BCUT2D eigenvalue weighted by molar-refractivity contribution is 6.31. The molecular weight excluding hydrogens is 289 g/mol. The molecule has 114 valence electrons. The van der Waals surface area contributed by atoms with E-state index in [4.69, 9.17) is 0 Å². The Hall–Kier alpha value is -2.70. The molecule has 6 nitrogen and oxygen atoms in total. The Labute approximate surface area is 126 Å². The first-order chi connectivity index (χ1) is 10.5. The molecule has 0 aromatic heterocycles. The number of anilines is 1. The van der Waals surface area contributed by atoms with Crippen molar-refractivity contribution >= 4 is 29.6 Å². The van der Waals surface area contributed by atoms with Gasteiger partial charge < -0.3 is 4.90 Å². The monoisotopic (exact) mass is 303 g/mol. The van der Waals surface area contributed by atoms with Crippen molar-refractivity contribution in [1.29, 1.82) is 0 Å². The summed E-state index contributed by atoms with van der Waals surface area (Å²) in [6.45, 7) is 1.65. The molecule has 0 bridgehead atoms. The smallest absolute Gasteiger partial charge is 0.328 e. The predicted molar refractivity (Wildman–Crippen MR) is 77.5 cm³/mol. The summed E-state index contributed by atoms with van der Waals surface area (Å²) in [4.78, 5) is 36.2. The van der Waals surface area contributed by atoms with Crippen LogP contribution in [0.2, 0.25) is 0 Å². The fourth-order valence-electron chi connectivity index (χ4n) is 2.60. The standard InChI is InChI=1S/C15H14FN3O3/c16-11-8-9(3-4-12(11)19-5-1-2-6-19)7-10-13(20)17-15(22)18-14(10)21/h3-4,7-8H,1-2,5-6H2,(H2,17,18,20,21,22). The number of carbonyl (C=O) groups excluding carboxylic acids is 3. The number of halogens is 1. The first-order valence-corrected chi connectivity index (χ1v) is 6.97. The van der Waals surface area contributed by atoms with Gasteiger partial charge in [0.2, 0.25) is 0 Å². The fraction of sp³-hybridized carbons (Fsp3) is 0.267. The lowest BCUT2D eigenvalue weighted by molar-refractivity contribution is -0.123. The second kappa shape index (κ2) is 5.59. The van der Waals surface area contributed by atoms with E-state index in [1.807, 2.05) is 15.5 Å². The van der Waals surface area contributed by atoms with E-state index in [2.05, 4.69) is 0 Å². The van der Waals surface area contributed by atoms with Gasteiger partial charge in [0.05, 0.1) is 5.69 Å². The Bertz CT molecular complexity index is 671. The lowest BCUT2D eigenvalue weighted by atomic mass is 10.1. The van der Waals surface area contributed by atoms with E-state index in [0.29, 0.717) is 11.3 Å². The van der Waals surface area contributed by atoms with Crippen LogP contribution >= 0.6 is 0 Å². The van der Waals surface area contributed by atoms with E-state index >= 15 is 0 Å². The average molecular weight is 303 g/mol. The van der Waals surface area contributed by atoms with Crippen molar-refractivity contribution in [1.82, 2.24) is 10.6 Å². The van der Waals surface area contributed by atoms with Gasteiger partial charge in [0, 0.05) is 13.1 Å². The van der Waals surface area contributed by atoms with Gasteiger partial charge in [-0.15, -0.1) is 0 Å². The lowest BCUT2D eigenvalue weighted by Crippen LogP contribution is -2.51. The van der Waals surface area contributed by atoms with Crippen LogP contribution < -0.4 is 15.5 Å². The molecule has 3 rings (SSSR count). The van der Waals surface area contributed by atoms with Crippen molar-refractivity contribution in [3.63, 3.8) is 0 Å². The number of hydrogen-bond donors (Lipinski definition) is 2. The van der Waals surface area contributed by atoms with Crippen molar-refractivity contribution in [2.24, 2.45) is 0 Å². The molecule has 2 fully saturated rings. The second-order valence-corrected chi connectivity index (χ2v) is 5.20. The van der Waals surface area contributed by atoms with E-state index in [1.165, 1.54) is 12.1 Å². The third-order valence-electron chi connectivity index (χ3n) is 3.67. The van der Waals surface area contributed by atoms with Crippen molar-refractivity contribution in [3.8, 4) is 0 Å². The summed E-state index contributed by atoms with van der Waals surface area (Å²) in [5.41, 5.74) is 0.676. The highest BCUT2D eigenvalue weighted by Gasteiger charge is 2.27. The molecule has 1 aromatic rings. The minimum absolute atomic E-state index is 0.229. The van der Waals surface area contributed by atoms with Crippen LogP contribution in [0, 0.1) is 5.82 Å². The van der Waals surface area contributed by atoms with Crippen molar-refractivity contribution in [2.45, 2.75) is 12.8 Å². The van der Waals surface area contributed by atoms with Crippen LogP contribution in [0.5, 0.6) is 0 Å². The van der Waals surface area contributed by atoms with Crippen LogP contribution in [-0.2, 0) is 9.59 Å². The van der Waals surface area contributed by atoms with E-state index in [0.717, 1.165) is 25.9 Å². The second-order valence-electron chi connectivity index (χ2n) is 5.20. The number of nitrogens with one attached hydrogen (secondary N) is 2. The molecule has 0 unspecified atom stereocenters. The predicted octanol–water partition coefficient (Wildman–Crippen LogP) is 1.18. The topological polar surface area (TPSA) is 78.5 Å². The molecule has 7 heteroatoms. The van der Waals surface area contributed by atoms with Gasteiger partial charge in [-0.3, -0.25) is 20.2 Å². The first-order valence-electron chi connectivity index (χ1n) is 6.97. The number of benzene rings is 1. The number of hydrogen-bond acceptors (Lipinski definition) is 4. The molecular formula is C15H14FN3O3. The highest BCUT2D eigenvalue weighted by Crippen LogP contribution is 2.25. The Morgan fingerprint density at radius 3 is 2.27 bits per heavy atom. The zero-order valence-electron chi connectivity index (χ0n) is 11.7. The minimum Gasteiger partial charge on any atom is -0.369 e. The summed E-state index contributed by atoms with van der Waals surface area (Å²) in [7, 11) is 0. The molecule has 4 amide bonds. The zero-order valence-corrected chi connectivity index (χ0v) is 11.7. The van der Waals surface area contributed by atoms with Gasteiger partial charge in [0.1, 0.15) is 11.4 Å². The quantitative estimate of drug-likeness (QED) is 0.635. The van der Waals surface area contributed by atoms with Gasteiger partial charge in [0.15, 0.2) is 0 Å². The van der Waals surface area contributed by atoms with Gasteiger partial charge in [-0.25, -0.2) is 9.18 Å². The summed E-state index contributed by atoms with van der Waals surface area (Å²) in [5, 5.41) is 3.94. The van der Waals surface area contributed by atoms with Crippen LogP contribution in [0.1, 0.15) is 18.4 Å². The molecule has 22 heavy (non-hydrogen) atoms. The molecule has 2 heterocycles. The molecule has 0 atom stereocenters. The van der Waals surface area contributed by atoms with Crippen LogP contribution in [-0.4, -0.2) is 30.9 Å². The van der Waals surface area contributed by atoms with E-state index in [-0.39, 0.29) is 5.57 Å². The molecule has 0 radical (unpaired) electrons. The maximum atomic E-state index is 14.2. The Morgan fingerprint density at radius 2 is 1.68 bits per heavy atom. The summed E-state index contributed by atoms with van der Waals surface area (Å²) in [5.74, 6) is -1.99. The number of barbiturate groups is 1. The maximum Gasteiger partial charge on any atom is 0.328 e. The zero-order chi connectivity index (χ0) is 15.7. The van der Waals surface area contributed by atoms with E-state index in [1.54, 1.807) is 12.1 Å². The molecule has 2 N–H and O–H groups in total. The average Bonchev–Trinajstić information content (AvgIpc) is 2.97. The lowest BCUT2D eigenvalue weighted by Gasteiger charge is -2.18. The fourth-order valence-corrected chi connectivity index (χ4v) is 2.60. The largest absolute Gasteiger partial charge is 0.369 e. The number of imide groups is 2. The summed E-state index contributed by atoms with van der Waals surface area (Å²) in [6, 6.07) is 3.69. The highest BCUT2D eigenvalue weighted by atomic mass is 19.1. The number of nitrogens with zero attached hydrogens (tertiary/aromatic N) is 1. The molecule has 2 aliphatic rings. The van der Waals surface area contributed by atoms with E-state index < -0.39 is 23.7 Å². The maximum absolute atomic E-state index is 14.2. The Morgan fingerprint density at radius 1 is 1.05 bits per heavy atom. The SMILES string of the molecule is O=C1NC(=O)C(=Cc2ccc(N3CCCC3)c(F)c2)C(=O)N1. The van der Waals surface area contributed by atoms with Gasteiger partial charge in [0.25, 0.3) is 11.8 Å². The molecule has 1 aromatic carbocycles. The minimum atomic E-state index is -0.859. The van der Waals surface area contributed by atoms with Crippen LogP contribution in [0.25, 0.3) is 6.08 Å². The Kier molecular flexibility index (Phi) is 3.62. The van der Waals surface area contributed by atoms with Gasteiger partial charge in [-0.1, -0.05) is 6.07 Å². The molecule has 2 aliphatic heterocycles. The van der Waals surface area contributed by atoms with Crippen molar-refractivity contribution in [2.75, 3.05) is 18.0 Å². The molecule has 0 saturated carbocycles. The number of rotatable bonds is 2. The summed E-state index contributed by atoms with van der Waals surface area (Å²) < 4.78 is 14.2. The molecule has 0 aliphatic carbocycles. The van der Waals surface area contributed by atoms with E-state index in [9.17, 15) is 18.8 Å². The summed E-state index contributed by atoms with van der Waals surface area (Å²) in [6.07, 6.45) is 3.34. The third-order valence-corrected chi connectivity index (χ3v) is 3.67. The number of urea groups is 1. The van der Waals surface area contributed by atoms with Crippen LogP contribution in [0.15, 0.2) is 23.8 Å². The van der Waals surface area contributed by atoms with Gasteiger partial charge in [-0.2, -0.15) is 0 Å². The first kappa shape index (κ1) is 14.2. The van der Waals surface area contributed by atoms with Crippen LogP contribution in [0.4, 0.5) is 14.9 Å². The number of carbonyl (C=O) groups is 3. The van der Waals surface area contributed by atoms with Gasteiger partial charge in [-0.05, 0) is 36.6 Å². The summed E-state index contributed by atoms with van der Waals surface area (Å²) >= 11 is 0. The molecule has 2 saturated heterocycles. The molecule has 0 spiro atoms. The Balaban J connectivity index is 1.87. The van der Waals surface area contributed by atoms with Crippen molar-refractivity contribution < 1.29 is 18.8 Å². The van der Waals surface area contributed by atoms with Crippen molar-refractivity contribution in [3.05, 3.63) is 35.2 Å². The van der Waals surface area contributed by atoms with Crippen LogP contribution in [0.3, 0.4) is 0 Å².